The number of carbonyl (C=O) groups excluding carboxylic acids is 2. The molecule has 2 saturated heterocycles. The van der Waals surface area contributed by atoms with Gasteiger partial charge >= 0.3 is 0 Å². The summed E-state index contributed by atoms with van der Waals surface area (Å²) < 4.78 is 18.9. The minimum absolute atomic E-state index is 0.0689. The Balaban J connectivity index is 1.21. The summed E-state index contributed by atoms with van der Waals surface area (Å²) in [4.78, 5) is 31.6. The maximum atomic E-state index is 13.8. The van der Waals surface area contributed by atoms with E-state index in [2.05, 4.69) is 17.1 Å². The number of nitrogens with zero attached hydrogens (tertiary/aromatic N) is 2. The maximum absolute atomic E-state index is 13.8. The molecule has 3 aliphatic rings. The van der Waals surface area contributed by atoms with E-state index in [4.69, 9.17) is 4.74 Å². The second-order valence-electron chi connectivity index (χ2n) is 11.7. The lowest BCUT2D eigenvalue weighted by atomic mass is 9.78. The van der Waals surface area contributed by atoms with E-state index < -0.39 is 17.7 Å². The van der Waals surface area contributed by atoms with Crippen molar-refractivity contribution in [3.63, 3.8) is 0 Å². The quantitative estimate of drug-likeness (QED) is 0.457. The number of likely N-dealkylation sites (tertiary alicyclic amines) is 1. The second kappa shape index (κ2) is 12.7. The molecule has 8 heteroatoms. The second-order valence-corrected chi connectivity index (χ2v) is 11.7. The molecule has 216 valence electrons. The fourth-order valence-electron chi connectivity index (χ4n) is 6.60. The Morgan fingerprint density at radius 3 is 2.25 bits per heavy atom. The molecule has 2 amide bonds. The number of hydrogen-bond donors (Lipinski definition) is 2. The summed E-state index contributed by atoms with van der Waals surface area (Å²) >= 11 is 0. The highest BCUT2D eigenvalue weighted by Crippen LogP contribution is 2.36. The molecular weight excluding hydrogens is 509 g/mol. The number of piperidine rings is 1. The van der Waals surface area contributed by atoms with Crippen LogP contribution in [0.15, 0.2) is 48.5 Å². The SMILES string of the molecule is CCCCN1C(=O)C(C(O)C2CCCCC2)NC(=O)C12CCN(Cc1ccc(Oc3ccc(F)cc3)cc1)CC2. The van der Waals surface area contributed by atoms with Gasteiger partial charge in [0.05, 0.1) is 6.10 Å². The van der Waals surface area contributed by atoms with E-state index in [1.54, 1.807) is 12.1 Å². The fraction of sp³-hybridized carbons (Fsp3) is 0.562. The van der Waals surface area contributed by atoms with E-state index in [0.29, 0.717) is 44.0 Å². The van der Waals surface area contributed by atoms with E-state index >= 15 is 0 Å². The number of amides is 2. The largest absolute Gasteiger partial charge is 0.457 e. The zero-order chi connectivity index (χ0) is 28.1. The first-order chi connectivity index (χ1) is 19.4. The monoisotopic (exact) mass is 551 g/mol. The topological polar surface area (TPSA) is 82.1 Å². The van der Waals surface area contributed by atoms with Crippen molar-refractivity contribution in [1.82, 2.24) is 15.1 Å². The van der Waals surface area contributed by atoms with Crippen molar-refractivity contribution < 1.29 is 23.8 Å². The van der Waals surface area contributed by atoms with Crippen molar-refractivity contribution in [2.45, 2.75) is 88.9 Å². The predicted octanol–water partition coefficient (Wildman–Crippen LogP) is 5.02. The van der Waals surface area contributed by atoms with Crippen LogP contribution in [0.3, 0.4) is 0 Å². The number of hydrogen-bond acceptors (Lipinski definition) is 5. The number of unbranched alkanes of at least 4 members (excludes halogenated alkanes) is 1. The number of carbonyl (C=O) groups is 2. The highest BCUT2D eigenvalue weighted by atomic mass is 19.1. The Kier molecular flexibility index (Phi) is 9.06. The summed E-state index contributed by atoms with van der Waals surface area (Å²) in [7, 11) is 0. The molecule has 2 aromatic carbocycles. The summed E-state index contributed by atoms with van der Waals surface area (Å²) in [6.07, 6.45) is 7.23. The van der Waals surface area contributed by atoms with E-state index in [9.17, 15) is 19.1 Å². The molecule has 7 nitrogen and oxygen atoms in total. The number of ether oxygens (including phenoxy) is 1. The average Bonchev–Trinajstić information content (AvgIpc) is 2.98. The molecule has 2 atom stereocenters. The summed E-state index contributed by atoms with van der Waals surface area (Å²) in [5.74, 6) is 0.811. The highest BCUT2D eigenvalue weighted by Gasteiger charge is 2.55. The first kappa shape index (κ1) is 28.6. The predicted molar refractivity (Wildman–Crippen MR) is 151 cm³/mol. The average molecular weight is 552 g/mol. The van der Waals surface area contributed by atoms with Crippen LogP contribution < -0.4 is 10.1 Å². The van der Waals surface area contributed by atoms with Crippen molar-refractivity contribution in [1.29, 1.82) is 0 Å². The van der Waals surface area contributed by atoms with Gasteiger partial charge in [0.1, 0.15) is 28.9 Å². The minimum Gasteiger partial charge on any atom is -0.457 e. The molecule has 2 heterocycles. The molecule has 40 heavy (non-hydrogen) atoms. The first-order valence-corrected chi connectivity index (χ1v) is 14.9. The molecule has 1 spiro atoms. The number of aliphatic hydroxyl groups excluding tert-OH is 1. The number of benzene rings is 2. The van der Waals surface area contributed by atoms with Crippen LogP contribution in [0.4, 0.5) is 4.39 Å². The Labute approximate surface area is 236 Å². The molecule has 5 rings (SSSR count). The van der Waals surface area contributed by atoms with Gasteiger partial charge in [0.15, 0.2) is 0 Å². The van der Waals surface area contributed by atoms with Gasteiger partial charge in [0, 0.05) is 26.2 Å². The van der Waals surface area contributed by atoms with Gasteiger partial charge in [-0.05, 0) is 80.0 Å². The summed E-state index contributed by atoms with van der Waals surface area (Å²) in [5, 5.41) is 14.1. The van der Waals surface area contributed by atoms with Crippen LogP contribution in [0.25, 0.3) is 0 Å². The Hall–Kier alpha value is -2.97. The maximum Gasteiger partial charge on any atom is 0.248 e. The van der Waals surface area contributed by atoms with Crippen molar-refractivity contribution >= 4 is 11.8 Å². The van der Waals surface area contributed by atoms with Crippen molar-refractivity contribution in [3.05, 3.63) is 59.9 Å². The van der Waals surface area contributed by atoms with Gasteiger partial charge in [-0.1, -0.05) is 44.7 Å². The lowest BCUT2D eigenvalue weighted by Crippen LogP contribution is -2.75. The normalized spacial score (nSPS) is 22.8. The molecule has 1 aliphatic carbocycles. The Morgan fingerprint density at radius 2 is 1.62 bits per heavy atom. The number of aliphatic hydroxyl groups is 1. The van der Waals surface area contributed by atoms with Gasteiger partial charge in [-0.15, -0.1) is 0 Å². The molecule has 2 unspecified atom stereocenters. The van der Waals surface area contributed by atoms with Crippen LogP contribution >= 0.6 is 0 Å². The molecule has 3 fully saturated rings. The number of nitrogens with one attached hydrogen (secondary N) is 1. The summed E-state index contributed by atoms with van der Waals surface area (Å²) in [6.45, 7) is 4.78. The lowest BCUT2D eigenvalue weighted by Gasteiger charge is -2.52. The van der Waals surface area contributed by atoms with E-state index in [1.807, 2.05) is 29.2 Å². The Bertz CT molecular complexity index is 1140. The third kappa shape index (κ3) is 6.18. The third-order valence-corrected chi connectivity index (χ3v) is 9.03. The molecule has 2 aromatic rings. The highest BCUT2D eigenvalue weighted by molar-refractivity contribution is 6.00. The molecule has 2 aliphatic heterocycles. The van der Waals surface area contributed by atoms with E-state index in [1.165, 1.54) is 18.6 Å². The molecule has 0 bridgehead atoms. The van der Waals surface area contributed by atoms with Crippen LogP contribution in [0, 0.1) is 11.7 Å². The van der Waals surface area contributed by atoms with Crippen molar-refractivity contribution in [3.8, 4) is 11.5 Å². The number of halogens is 1. The summed E-state index contributed by atoms with van der Waals surface area (Å²) in [5.41, 5.74) is 0.281. The molecule has 0 radical (unpaired) electrons. The smallest absolute Gasteiger partial charge is 0.248 e. The van der Waals surface area contributed by atoms with Gasteiger partial charge in [0.25, 0.3) is 0 Å². The van der Waals surface area contributed by atoms with Crippen LogP contribution in [0.2, 0.25) is 0 Å². The van der Waals surface area contributed by atoms with Gasteiger partial charge in [-0.3, -0.25) is 14.5 Å². The van der Waals surface area contributed by atoms with E-state index in [0.717, 1.165) is 50.6 Å². The van der Waals surface area contributed by atoms with Crippen molar-refractivity contribution in [2.75, 3.05) is 19.6 Å². The third-order valence-electron chi connectivity index (χ3n) is 9.03. The number of rotatable bonds is 9. The molecule has 2 N–H and O–H groups in total. The Morgan fingerprint density at radius 1 is 1.00 bits per heavy atom. The van der Waals surface area contributed by atoms with Gasteiger partial charge in [-0.25, -0.2) is 4.39 Å². The summed E-state index contributed by atoms with van der Waals surface area (Å²) in [6, 6.07) is 12.9. The minimum atomic E-state index is -0.849. The van der Waals surface area contributed by atoms with Crippen LogP contribution in [-0.2, 0) is 16.1 Å². The standard InChI is InChI=1S/C32H42FN3O4/c1-2-3-19-36-30(38)28(29(37)24-7-5-4-6-8-24)34-31(39)32(36)17-20-35(21-18-32)22-23-9-13-26(14-10-23)40-27-15-11-25(33)12-16-27/h9-16,24,28-29,37H,2-8,17-22H2,1H3,(H,34,39). The molecular formula is C32H42FN3O4. The van der Waals surface area contributed by atoms with Gasteiger partial charge in [-0.2, -0.15) is 0 Å². The van der Waals surface area contributed by atoms with Crippen LogP contribution in [0.1, 0.15) is 70.3 Å². The van der Waals surface area contributed by atoms with Crippen LogP contribution in [0.5, 0.6) is 11.5 Å². The number of piperazine rings is 1. The van der Waals surface area contributed by atoms with Gasteiger partial charge < -0.3 is 20.1 Å². The van der Waals surface area contributed by atoms with Crippen LogP contribution in [-0.4, -0.2) is 64.0 Å². The zero-order valence-corrected chi connectivity index (χ0v) is 23.5. The van der Waals surface area contributed by atoms with Gasteiger partial charge in [0.2, 0.25) is 11.8 Å². The van der Waals surface area contributed by atoms with E-state index in [-0.39, 0.29) is 23.5 Å². The van der Waals surface area contributed by atoms with Crippen molar-refractivity contribution in [2.24, 2.45) is 5.92 Å². The molecule has 0 aromatic heterocycles. The zero-order valence-electron chi connectivity index (χ0n) is 23.5. The lowest BCUT2D eigenvalue weighted by molar-refractivity contribution is -0.166. The first-order valence-electron chi connectivity index (χ1n) is 14.9. The fourth-order valence-corrected chi connectivity index (χ4v) is 6.60. The molecule has 1 saturated carbocycles.